The summed E-state index contributed by atoms with van der Waals surface area (Å²) in [4.78, 5) is 23.9. The molecule has 0 bridgehead atoms. The van der Waals surface area contributed by atoms with E-state index in [1.165, 1.54) is 20.0 Å². The number of carbonyl (C=O) groups excluding carboxylic acids is 2. The Balaban J connectivity index is 2.46. The highest BCUT2D eigenvalue weighted by atomic mass is 16.5. The van der Waals surface area contributed by atoms with Crippen molar-refractivity contribution in [3.63, 3.8) is 0 Å². The second-order valence-electron chi connectivity index (χ2n) is 6.56. The Hall–Kier alpha value is -1.10. The number of hydrogen-bond donors (Lipinski definition) is 2. The lowest BCUT2D eigenvalue weighted by Gasteiger charge is -2.28. The average Bonchev–Trinajstić information content (AvgIpc) is 2.46. The van der Waals surface area contributed by atoms with E-state index in [1.54, 1.807) is 0 Å². The molecule has 1 fully saturated rings. The summed E-state index contributed by atoms with van der Waals surface area (Å²) in [6.45, 7) is 8.23. The van der Waals surface area contributed by atoms with E-state index in [1.807, 2.05) is 13.8 Å². The van der Waals surface area contributed by atoms with E-state index in [9.17, 15) is 9.59 Å². The molecule has 1 heterocycles. The number of nitrogens with one attached hydrogen (secondary N) is 2. The molecule has 5 heteroatoms. The van der Waals surface area contributed by atoms with Crippen molar-refractivity contribution in [2.45, 2.75) is 52.5 Å². The number of amides is 1. The molecule has 3 unspecified atom stereocenters. The van der Waals surface area contributed by atoms with Gasteiger partial charge in [-0.05, 0) is 50.1 Å². The SMILES string of the molecule is COC(=O)C(CC(C)C)NC(=O)CC(C)C1CCCNC1. The minimum atomic E-state index is -0.529. The first kappa shape index (κ1) is 18.0. The number of hydrogen-bond acceptors (Lipinski definition) is 4. The van der Waals surface area contributed by atoms with Crippen LogP contribution in [0.15, 0.2) is 0 Å². The molecule has 0 aliphatic carbocycles. The quantitative estimate of drug-likeness (QED) is 0.702. The predicted molar refractivity (Wildman–Crippen MR) is 82.8 cm³/mol. The minimum Gasteiger partial charge on any atom is -0.467 e. The van der Waals surface area contributed by atoms with Crippen LogP contribution in [0.25, 0.3) is 0 Å². The summed E-state index contributed by atoms with van der Waals surface area (Å²) in [7, 11) is 1.36. The van der Waals surface area contributed by atoms with Crippen LogP contribution in [0, 0.1) is 17.8 Å². The van der Waals surface area contributed by atoms with Gasteiger partial charge in [-0.15, -0.1) is 0 Å². The van der Waals surface area contributed by atoms with E-state index in [-0.39, 0.29) is 11.9 Å². The van der Waals surface area contributed by atoms with E-state index in [0.717, 1.165) is 13.1 Å². The van der Waals surface area contributed by atoms with Crippen LogP contribution in [-0.2, 0) is 14.3 Å². The van der Waals surface area contributed by atoms with E-state index >= 15 is 0 Å². The van der Waals surface area contributed by atoms with Crippen LogP contribution in [-0.4, -0.2) is 38.1 Å². The monoisotopic (exact) mass is 298 g/mol. The second-order valence-corrected chi connectivity index (χ2v) is 6.56. The third-order valence-corrected chi connectivity index (χ3v) is 4.18. The lowest BCUT2D eigenvalue weighted by molar-refractivity contribution is -0.145. The summed E-state index contributed by atoms with van der Waals surface area (Å²) in [5, 5.41) is 6.21. The van der Waals surface area contributed by atoms with Crippen LogP contribution in [0.5, 0.6) is 0 Å². The zero-order valence-corrected chi connectivity index (χ0v) is 13.8. The number of esters is 1. The Morgan fingerprint density at radius 2 is 2.05 bits per heavy atom. The van der Waals surface area contributed by atoms with E-state index in [2.05, 4.69) is 17.6 Å². The van der Waals surface area contributed by atoms with Crippen LogP contribution in [0.1, 0.15) is 46.5 Å². The first-order chi connectivity index (χ1) is 9.93. The molecule has 3 atom stereocenters. The van der Waals surface area contributed by atoms with Crippen molar-refractivity contribution in [3.05, 3.63) is 0 Å². The Bertz CT molecular complexity index is 338. The molecule has 1 amide bonds. The molecule has 0 aromatic heterocycles. The number of ether oxygens (including phenoxy) is 1. The normalized spacial score (nSPS) is 21.7. The number of rotatable bonds is 7. The van der Waals surface area contributed by atoms with Gasteiger partial charge in [0, 0.05) is 6.42 Å². The highest BCUT2D eigenvalue weighted by molar-refractivity contribution is 5.84. The maximum atomic E-state index is 12.2. The van der Waals surface area contributed by atoms with Crippen molar-refractivity contribution in [1.82, 2.24) is 10.6 Å². The molecule has 21 heavy (non-hydrogen) atoms. The maximum absolute atomic E-state index is 12.2. The van der Waals surface area contributed by atoms with Crippen molar-refractivity contribution in [1.29, 1.82) is 0 Å². The van der Waals surface area contributed by atoms with Crippen molar-refractivity contribution in [2.75, 3.05) is 20.2 Å². The lowest BCUT2D eigenvalue weighted by Crippen LogP contribution is -2.43. The molecule has 2 N–H and O–H groups in total. The third-order valence-electron chi connectivity index (χ3n) is 4.18. The van der Waals surface area contributed by atoms with E-state index in [4.69, 9.17) is 4.74 Å². The van der Waals surface area contributed by atoms with Crippen molar-refractivity contribution in [2.24, 2.45) is 17.8 Å². The second kappa shape index (κ2) is 9.03. The summed E-state index contributed by atoms with van der Waals surface area (Å²) in [6, 6.07) is -0.529. The Labute approximate surface area is 128 Å². The molecule has 1 rings (SSSR count). The molecular weight excluding hydrogens is 268 g/mol. The Kier molecular flexibility index (Phi) is 7.72. The van der Waals surface area contributed by atoms with Crippen LogP contribution < -0.4 is 10.6 Å². The first-order valence-electron chi connectivity index (χ1n) is 8.02. The van der Waals surface area contributed by atoms with Crippen LogP contribution in [0.2, 0.25) is 0 Å². The van der Waals surface area contributed by atoms with E-state index in [0.29, 0.717) is 30.6 Å². The molecular formula is C16H30N2O3. The predicted octanol–water partition coefficient (Wildman–Crippen LogP) is 1.72. The van der Waals surface area contributed by atoms with Gasteiger partial charge in [0.2, 0.25) is 5.91 Å². The lowest BCUT2D eigenvalue weighted by atomic mass is 9.85. The fraction of sp³-hybridized carbons (Fsp3) is 0.875. The topological polar surface area (TPSA) is 67.4 Å². The highest BCUT2D eigenvalue weighted by Crippen LogP contribution is 2.22. The minimum absolute atomic E-state index is 0.0517. The number of piperidine rings is 1. The smallest absolute Gasteiger partial charge is 0.328 e. The zero-order valence-electron chi connectivity index (χ0n) is 13.8. The first-order valence-corrected chi connectivity index (χ1v) is 8.02. The van der Waals surface area contributed by atoms with Gasteiger partial charge < -0.3 is 15.4 Å². The Morgan fingerprint density at radius 3 is 2.57 bits per heavy atom. The van der Waals surface area contributed by atoms with Crippen LogP contribution in [0.4, 0.5) is 0 Å². The third kappa shape index (κ3) is 6.46. The summed E-state index contributed by atoms with van der Waals surface area (Å²) in [6.07, 6.45) is 3.43. The van der Waals surface area contributed by atoms with Gasteiger partial charge in [-0.25, -0.2) is 4.79 Å². The highest BCUT2D eigenvalue weighted by Gasteiger charge is 2.26. The molecule has 0 saturated carbocycles. The molecule has 1 aliphatic heterocycles. The number of methoxy groups -OCH3 is 1. The Morgan fingerprint density at radius 1 is 1.33 bits per heavy atom. The zero-order chi connectivity index (χ0) is 15.8. The van der Waals surface area contributed by atoms with Gasteiger partial charge in [-0.2, -0.15) is 0 Å². The van der Waals surface area contributed by atoms with Gasteiger partial charge >= 0.3 is 5.97 Å². The van der Waals surface area contributed by atoms with Gasteiger partial charge in [0.1, 0.15) is 6.04 Å². The van der Waals surface area contributed by atoms with Gasteiger partial charge in [-0.1, -0.05) is 20.8 Å². The molecule has 0 aromatic carbocycles. The fourth-order valence-corrected chi connectivity index (χ4v) is 2.90. The largest absolute Gasteiger partial charge is 0.467 e. The molecule has 1 saturated heterocycles. The van der Waals surface area contributed by atoms with Crippen molar-refractivity contribution < 1.29 is 14.3 Å². The van der Waals surface area contributed by atoms with Crippen molar-refractivity contribution in [3.8, 4) is 0 Å². The standard InChI is InChI=1S/C16H30N2O3/c1-11(2)8-14(16(20)21-4)18-15(19)9-12(3)13-6-5-7-17-10-13/h11-14,17H,5-10H2,1-4H3,(H,18,19). The average molecular weight is 298 g/mol. The molecule has 5 nitrogen and oxygen atoms in total. The number of carbonyl (C=O) groups is 2. The maximum Gasteiger partial charge on any atom is 0.328 e. The van der Waals surface area contributed by atoms with Gasteiger partial charge in [0.05, 0.1) is 7.11 Å². The summed E-state index contributed by atoms with van der Waals surface area (Å²) < 4.78 is 4.77. The molecule has 0 radical (unpaired) electrons. The van der Waals surface area contributed by atoms with E-state index < -0.39 is 6.04 Å². The summed E-state index contributed by atoms with van der Waals surface area (Å²) >= 11 is 0. The summed E-state index contributed by atoms with van der Waals surface area (Å²) in [5.41, 5.74) is 0. The molecule has 0 aromatic rings. The van der Waals surface area contributed by atoms with Crippen molar-refractivity contribution >= 4 is 11.9 Å². The fourth-order valence-electron chi connectivity index (χ4n) is 2.90. The van der Waals surface area contributed by atoms with Gasteiger partial charge in [0.25, 0.3) is 0 Å². The molecule has 0 spiro atoms. The molecule has 1 aliphatic rings. The van der Waals surface area contributed by atoms with Gasteiger partial charge in [-0.3, -0.25) is 4.79 Å². The van der Waals surface area contributed by atoms with Crippen LogP contribution in [0.3, 0.4) is 0 Å². The van der Waals surface area contributed by atoms with Crippen LogP contribution >= 0.6 is 0 Å². The molecule has 122 valence electrons. The van der Waals surface area contributed by atoms with Gasteiger partial charge in [0.15, 0.2) is 0 Å². The summed E-state index contributed by atoms with van der Waals surface area (Å²) in [5.74, 6) is 0.795.